The van der Waals surface area contributed by atoms with Crippen molar-refractivity contribution >= 4 is 5.95 Å². The van der Waals surface area contributed by atoms with E-state index >= 15 is 0 Å². The molecule has 7 heteroatoms. The van der Waals surface area contributed by atoms with Gasteiger partial charge in [-0.1, -0.05) is 0 Å². The molecule has 0 bridgehead atoms. The van der Waals surface area contributed by atoms with Crippen molar-refractivity contribution in [2.75, 3.05) is 25.6 Å². The molecule has 0 aromatic carbocycles. The Labute approximate surface area is 115 Å². The van der Waals surface area contributed by atoms with Crippen LogP contribution in [0.5, 0.6) is 5.88 Å². The summed E-state index contributed by atoms with van der Waals surface area (Å²) in [5.41, 5.74) is 0. The van der Waals surface area contributed by atoms with E-state index in [1.807, 2.05) is 6.07 Å². The van der Waals surface area contributed by atoms with Crippen LogP contribution in [0.2, 0.25) is 0 Å². The summed E-state index contributed by atoms with van der Waals surface area (Å²) in [7, 11) is 1.34. The van der Waals surface area contributed by atoms with Gasteiger partial charge in [-0.3, -0.25) is 0 Å². The zero-order chi connectivity index (χ0) is 14.4. The molecule has 2 rings (SSSR count). The lowest BCUT2D eigenvalue weighted by Crippen LogP contribution is -2.21. The molecule has 0 amide bonds. The second kappa shape index (κ2) is 6.85. The van der Waals surface area contributed by atoms with E-state index in [0.717, 1.165) is 12.0 Å². The lowest BCUT2D eigenvalue weighted by atomic mass is 10.1. The topological polar surface area (TPSA) is 80.4 Å². The largest absolute Gasteiger partial charge is 0.479 e. The second-order valence-corrected chi connectivity index (χ2v) is 4.26. The number of aliphatic hydroxyl groups excluding tert-OH is 1. The maximum absolute atomic E-state index is 13.2. The Morgan fingerprint density at radius 3 is 3.05 bits per heavy atom. The molecule has 0 saturated heterocycles. The Kier molecular flexibility index (Phi) is 4.89. The normalized spacial score (nSPS) is 12.2. The van der Waals surface area contributed by atoms with E-state index < -0.39 is 5.82 Å². The molecule has 0 aliphatic heterocycles. The van der Waals surface area contributed by atoms with Gasteiger partial charge < -0.3 is 19.6 Å². The maximum Gasteiger partial charge on any atom is 0.255 e. The lowest BCUT2D eigenvalue weighted by molar-refractivity contribution is 0.226. The van der Waals surface area contributed by atoms with Crippen LogP contribution in [-0.2, 0) is 6.42 Å². The first-order valence-electron chi connectivity index (χ1n) is 6.16. The zero-order valence-corrected chi connectivity index (χ0v) is 11.0. The zero-order valence-electron chi connectivity index (χ0n) is 11.0. The number of nitrogens with one attached hydrogen (secondary N) is 1. The number of halogens is 1. The highest BCUT2D eigenvalue weighted by Gasteiger charge is 2.12. The van der Waals surface area contributed by atoms with Gasteiger partial charge in [0.1, 0.15) is 5.76 Å². The molecule has 108 valence electrons. The molecule has 0 aliphatic carbocycles. The quantitative estimate of drug-likeness (QED) is 0.800. The van der Waals surface area contributed by atoms with Crippen LogP contribution < -0.4 is 10.1 Å². The third-order valence-electron chi connectivity index (χ3n) is 2.78. The van der Waals surface area contributed by atoms with E-state index in [1.54, 1.807) is 12.3 Å². The molecular formula is C13H16FN3O3. The average Bonchev–Trinajstić information content (AvgIpc) is 2.97. The minimum atomic E-state index is -0.618. The highest BCUT2D eigenvalue weighted by Crippen LogP contribution is 2.14. The second-order valence-electron chi connectivity index (χ2n) is 4.26. The Balaban J connectivity index is 1.92. The third kappa shape index (κ3) is 3.67. The highest BCUT2D eigenvalue weighted by molar-refractivity contribution is 5.28. The van der Waals surface area contributed by atoms with E-state index in [4.69, 9.17) is 9.15 Å². The van der Waals surface area contributed by atoms with Gasteiger partial charge in [0, 0.05) is 25.5 Å². The molecule has 20 heavy (non-hydrogen) atoms. The van der Waals surface area contributed by atoms with Crippen molar-refractivity contribution in [2.24, 2.45) is 5.92 Å². The summed E-state index contributed by atoms with van der Waals surface area (Å²) >= 11 is 0. The number of rotatable bonds is 7. The summed E-state index contributed by atoms with van der Waals surface area (Å²) in [6.45, 7) is 0.429. The summed E-state index contributed by atoms with van der Waals surface area (Å²) in [6.07, 6.45) is 3.22. The molecule has 2 heterocycles. The van der Waals surface area contributed by atoms with Gasteiger partial charge in [0.25, 0.3) is 5.88 Å². The summed E-state index contributed by atoms with van der Waals surface area (Å²) in [6, 6.07) is 3.64. The molecule has 0 fully saturated rings. The van der Waals surface area contributed by atoms with E-state index in [0.29, 0.717) is 13.0 Å². The maximum atomic E-state index is 13.2. The number of anilines is 1. The van der Waals surface area contributed by atoms with Crippen LogP contribution in [0, 0.1) is 11.7 Å². The van der Waals surface area contributed by atoms with Gasteiger partial charge in [-0.25, -0.2) is 4.98 Å². The molecule has 0 aliphatic rings. The fourth-order valence-electron chi connectivity index (χ4n) is 1.73. The van der Waals surface area contributed by atoms with Crippen molar-refractivity contribution in [2.45, 2.75) is 6.42 Å². The van der Waals surface area contributed by atoms with Crippen LogP contribution in [0.1, 0.15) is 5.76 Å². The van der Waals surface area contributed by atoms with Crippen LogP contribution >= 0.6 is 0 Å². The molecular weight excluding hydrogens is 265 g/mol. The van der Waals surface area contributed by atoms with Crippen molar-refractivity contribution in [1.82, 2.24) is 9.97 Å². The van der Waals surface area contributed by atoms with Crippen molar-refractivity contribution in [3.05, 3.63) is 36.2 Å². The number of nitrogens with zero attached hydrogens (tertiary/aromatic N) is 2. The standard InChI is InChI=1S/C13H16FN3O3/c1-19-12-11(14)7-16-13(17-12)15-6-9(8-18)5-10-3-2-4-20-10/h2-4,7,9,18H,5-6,8H2,1H3,(H,15,16,17). The number of methoxy groups -OCH3 is 1. The number of furan rings is 1. The average molecular weight is 281 g/mol. The lowest BCUT2D eigenvalue weighted by Gasteiger charge is -2.14. The summed E-state index contributed by atoms with van der Waals surface area (Å²) in [4.78, 5) is 7.68. The van der Waals surface area contributed by atoms with Crippen LogP contribution in [0.15, 0.2) is 29.0 Å². The molecule has 1 atom stereocenters. The highest BCUT2D eigenvalue weighted by atomic mass is 19.1. The van der Waals surface area contributed by atoms with Gasteiger partial charge >= 0.3 is 0 Å². The number of ether oxygens (including phenoxy) is 1. The third-order valence-corrected chi connectivity index (χ3v) is 2.78. The van der Waals surface area contributed by atoms with Crippen LogP contribution in [-0.4, -0.2) is 35.3 Å². The van der Waals surface area contributed by atoms with Crippen molar-refractivity contribution in [3.8, 4) is 5.88 Å². The first-order chi connectivity index (χ1) is 9.72. The fraction of sp³-hybridized carbons (Fsp3) is 0.385. The van der Waals surface area contributed by atoms with Crippen LogP contribution in [0.25, 0.3) is 0 Å². The van der Waals surface area contributed by atoms with E-state index in [1.165, 1.54) is 7.11 Å². The van der Waals surface area contributed by atoms with Gasteiger partial charge in [-0.05, 0) is 12.1 Å². The first kappa shape index (κ1) is 14.3. The van der Waals surface area contributed by atoms with Crippen LogP contribution in [0.3, 0.4) is 0 Å². The summed E-state index contributed by atoms with van der Waals surface area (Å²) < 4.78 is 23.2. The van der Waals surface area contributed by atoms with Gasteiger partial charge in [0.2, 0.25) is 11.8 Å². The van der Waals surface area contributed by atoms with Gasteiger partial charge in [0.05, 0.1) is 19.6 Å². The molecule has 0 spiro atoms. The SMILES string of the molecule is COc1nc(NCC(CO)Cc2ccco2)ncc1F. The number of hydrogen-bond acceptors (Lipinski definition) is 6. The summed E-state index contributed by atoms with van der Waals surface area (Å²) in [5.74, 6) is 0.256. The van der Waals surface area contributed by atoms with Crippen LogP contribution in [0.4, 0.5) is 10.3 Å². The molecule has 2 aromatic rings. The van der Waals surface area contributed by atoms with E-state index in [2.05, 4.69) is 15.3 Å². The Morgan fingerprint density at radius 2 is 2.40 bits per heavy atom. The van der Waals surface area contributed by atoms with Gasteiger partial charge in [0.15, 0.2) is 0 Å². The fourth-order valence-corrected chi connectivity index (χ4v) is 1.73. The van der Waals surface area contributed by atoms with Crippen molar-refractivity contribution in [1.29, 1.82) is 0 Å². The molecule has 6 nitrogen and oxygen atoms in total. The van der Waals surface area contributed by atoms with Gasteiger partial charge in [-0.15, -0.1) is 0 Å². The molecule has 1 unspecified atom stereocenters. The smallest absolute Gasteiger partial charge is 0.255 e. The predicted octanol–water partition coefficient (Wildman–Crippen LogP) is 1.48. The minimum Gasteiger partial charge on any atom is -0.479 e. The number of aromatic nitrogens is 2. The molecule has 2 N–H and O–H groups in total. The molecule has 0 saturated carbocycles. The Bertz CT molecular complexity index is 534. The monoisotopic (exact) mass is 281 g/mol. The molecule has 2 aromatic heterocycles. The first-order valence-corrected chi connectivity index (χ1v) is 6.16. The Morgan fingerprint density at radius 1 is 1.55 bits per heavy atom. The van der Waals surface area contributed by atoms with E-state index in [-0.39, 0.29) is 24.4 Å². The Hall–Kier alpha value is -2.15. The molecule has 0 radical (unpaired) electrons. The predicted molar refractivity (Wildman–Crippen MR) is 70.0 cm³/mol. The van der Waals surface area contributed by atoms with E-state index in [9.17, 15) is 9.50 Å². The van der Waals surface area contributed by atoms with Gasteiger partial charge in [-0.2, -0.15) is 9.37 Å². The number of hydrogen-bond donors (Lipinski definition) is 2. The number of aliphatic hydroxyl groups is 1. The van der Waals surface area contributed by atoms with Crippen molar-refractivity contribution < 1.29 is 18.7 Å². The summed E-state index contributed by atoms with van der Waals surface area (Å²) in [5, 5.41) is 12.3. The minimum absolute atomic E-state index is 0.00791. The van der Waals surface area contributed by atoms with Crippen molar-refractivity contribution in [3.63, 3.8) is 0 Å².